The number of rotatable bonds is 5. The van der Waals surface area contributed by atoms with Crippen molar-refractivity contribution in [2.75, 3.05) is 6.54 Å². The third-order valence-electron chi connectivity index (χ3n) is 4.32. The van der Waals surface area contributed by atoms with Gasteiger partial charge in [0.15, 0.2) is 5.78 Å². The number of carbonyl (C=O) groups excluding carboxylic acids is 1. The minimum absolute atomic E-state index is 0.0460. The third kappa shape index (κ3) is 3.69. The molecule has 0 spiro atoms. The molecule has 1 unspecified atom stereocenters. The SMILES string of the molecule is CC(=O)c1ccc2c(c1)CC(CNS(=O)(=O)c1ccc(Cl)cc1)C2. The molecule has 24 heavy (non-hydrogen) atoms. The van der Waals surface area contributed by atoms with Crippen LogP contribution < -0.4 is 4.72 Å². The molecule has 3 rings (SSSR count). The second-order valence-corrected chi connectivity index (χ2v) is 8.32. The van der Waals surface area contributed by atoms with Gasteiger partial charge in [-0.15, -0.1) is 0 Å². The summed E-state index contributed by atoms with van der Waals surface area (Å²) in [7, 11) is -3.54. The molecule has 0 saturated carbocycles. The van der Waals surface area contributed by atoms with Crippen LogP contribution in [-0.4, -0.2) is 20.7 Å². The van der Waals surface area contributed by atoms with E-state index in [1.54, 1.807) is 19.1 Å². The molecule has 1 N–H and O–H groups in total. The highest BCUT2D eigenvalue weighted by molar-refractivity contribution is 7.89. The van der Waals surface area contributed by atoms with Crippen LogP contribution in [0, 0.1) is 5.92 Å². The lowest BCUT2D eigenvalue weighted by atomic mass is 10.0. The molecule has 0 aromatic heterocycles. The predicted octanol–water partition coefficient (Wildman–Crippen LogP) is 3.24. The Morgan fingerprint density at radius 3 is 2.46 bits per heavy atom. The molecular formula is C18H18ClNO3S. The molecule has 0 radical (unpaired) electrons. The number of nitrogens with one attached hydrogen (secondary N) is 1. The predicted molar refractivity (Wildman–Crippen MR) is 94.0 cm³/mol. The van der Waals surface area contributed by atoms with Crippen molar-refractivity contribution in [3.05, 3.63) is 64.2 Å². The number of sulfonamides is 1. The van der Waals surface area contributed by atoms with E-state index in [1.165, 1.54) is 17.7 Å². The van der Waals surface area contributed by atoms with Crippen LogP contribution in [-0.2, 0) is 22.9 Å². The average molecular weight is 364 g/mol. The monoisotopic (exact) mass is 363 g/mol. The minimum atomic E-state index is -3.54. The largest absolute Gasteiger partial charge is 0.295 e. The van der Waals surface area contributed by atoms with Gasteiger partial charge in [0.2, 0.25) is 10.0 Å². The Morgan fingerprint density at radius 2 is 1.79 bits per heavy atom. The van der Waals surface area contributed by atoms with E-state index in [4.69, 9.17) is 11.6 Å². The Labute approximate surface area is 146 Å². The van der Waals surface area contributed by atoms with E-state index < -0.39 is 10.0 Å². The van der Waals surface area contributed by atoms with Crippen LogP contribution in [0.2, 0.25) is 5.02 Å². The van der Waals surface area contributed by atoms with Gasteiger partial charge >= 0.3 is 0 Å². The van der Waals surface area contributed by atoms with E-state index in [2.05, 4.69) is 4.72 Å². The smallest absolute Gasteiger partial charge is 0.240 e. The molecule has 126 valence electrons. The van der Waals surface area contributed by atoms with Gasteiger partial charge in [-0.05, 0) is 67.1 Å². The fourth-order valence-corrected chi connectivity index (χ4v) is 4.24. The fourth-order valence-electron chi connectivity index (χ4n) is 3.00. The van der Waals surface area contributed by atoms with Crippen molar-refractivity contribution in [3.63, 3.8) is 0 Å². The molecule has 0 fully saturated rings. The van der Waals surface area contributed by atoms with Crippen LogP contribution >= 0.6 is 11.6 Å². The molecule has 1 aliphatic carbocycles. The van der Waals surface area contributed by atoms with E-state index in [9.17, 15) is 13.2 Å². The van der Waals surface area contributed by atoms with Crippen LogP contribution in [0.4, 0.5) is 0 Å². The number of benzene rings is 2. The van der Waals surface area contributed by atoms with E-state index in [1.807, 2.05) is 18.2 Å². The summed E-state index contributed by atoms with van der Waals surface area (Å²) in [6.45, 7) is 1.92. The molecule has 0 amide bonds. The first-order valence-corrected chi connectivity index (χ1v) is 9.59. The highest BCUT2D eigenvalue weighted by Crippen LogP contribution is 2.28. The van der Waals surface area contributed by atoms with Crippen molar-refractivity contribution in [2.24, 2.45) is 5.92 Å². The van der Waals surface area contributed by atoms with Gasteiger partial charge in [-0.25, -0.2) is 13.1 Å². The number of carbonyl (C=O) groups is 1. The first kappa shape index (κ1) is 17.1. The first-order chi connectivity index (χ1) is 11.3. The molecule has 4 nitrogen and oxygen atoms in total. The lowest BCUT2D eigenvalue weighted by Gasteiger charge is -2.11. The lowest BCUT2D eigenvalue weighted by Crippen LogP contribution is -2.29. The second-order valence-electron chi connectivity index (χ2n) is 6.12. The van der Waals surface area contributed by atoms with Crippen molar-refractivity contribution in [3.8, 4) is 0 Å². The van der Waals surface area contributed by atoms with Crippen LogP contribution in [0.25, 0.3) is 0 Å². The zero-order valence-electron chi connectivity index (χ0n) is 13.3. The second kappa shape index (κ2) is 6.67. The number of ketones is 1. The van der Waals surface area contributed by atoms with E-state index in [-0.39, 0.29) is 16.6 Å². The van der Waals surface area contributed by atoms with Gasteiger partial charge in [0.25, 0.3) is 0 Å². The lowest BCUT2D eigenvalue weighted by molar-refractivity contribution is 0.101. The highest BCUT2D eigenvalue weighted by Gasteiger charge is 2.24. The standard InChI is InChI=1S/C18H18ClNO3S/c1-12(21)14-2-3-15-8-13(9-16(15)10-14)11-20-24(22,23)18-6-4-17(19)5-7-18/h2-7,10,13,20H,8-9,11H2,1H3. The Hall–Kier alpha value is -1.69. The van der Waals surface area contributed by atoms with Crippen molar-refractivity contribution >= 4 is 27.4 Å². The Kier molecular flexibility index (Phi) is 4.76. The average Bonchev–Trinajstić information content (AvgIpc) is 2.95. The van der Waals surface area contributed by atoms with Gasteiger partial charge in [-0.3, -0.25) is 4.79 Å². The maximum Gasteiger partial charge on any atom is 0.240 e. The number of fused-ring (bicyclic) bond motifs is 1. The van der Waals surface area contributed by atoms with Crippen molar-refractivity contribution in [1.82, 2.24) is 4.72 Å². The minimum Gasteiger partial charge on any atom is -0.295 e. The van der Waals surface area contributed by atoms with Crippen LogP contribution in [0.15, 0.2) is 47.4 Å². The summed E-state index contributed by atoms with van der Waals surface area (Å²) in [6, 6.07) is 11.8. The zero-order chi connectivity index (χ0) is 17.3. The number of halogens is 1. The van der Waals surface area contributed by atoms with Gasteiger partial charge < -0.3 is 0 Å². The topological polar surface area (TPSA) is 63.2 Å². The summed E-state index contributed by atoms with van der Waals surface area (Å²) in [5.41, 5.74) is 3.03. The number of Topliss-reactive ketones (excluding diaryl/α,β-unsaturated/α-hetero) is 1. The van der Waals surface area contributed by atoms with Crippen molar-refractivity contribution in [2.45, 2.75) is 24.7 Å². The number of hydrogen-bond donors (Lipinski definition) is 1. The third-order valence-corrected chi connectivity index (χ3v) is 6.01. The van der Waals surface area contributed by atoms with Crippen molar-refractivity contribution < 1.29 is 13.2 Å². The molecule has 1 atom stereocenters. The van der Waals surface area contributed by atoms with Gasteiger partial charge in [0.05, 0.1) is 4.90 Å². The van der Waals surface area contributed by atoms with Crippen LogP contribution in [0.5, 0.6) is 0 Å². The van der Waals surface area contributed by atoms with Gasteiger partial charge in [-0.1, -0.05) is 23.7 Å². The molecule has 6 heteroatoms. The normalized spacial score (nSPS) is 16.8. The van der Waals surface area contributed by atoms with E-state index in [0.29, 0.717) is 17.1 Å². The van der Waals surface area contributed by atoms with Crippen molar-refractivity contribution in [1.29, 1.82) is 0 Å². The quantitative estimate of drug-likeness (QED) is 0.829. The summed E-state index contributed by atoms with van der Waals surface area (Å²) < 4.78 is 27.3. The summed E-state index contributed by atoms with van der Waals surface area (Å²) in [4.78, 5) is 11.7. The Balaban J connectivity index is 1.66. The maximum absolute atomic E-state index is 12.3. The molecule has 0 bridgehead atoms. The molecule has 2 aromatic rings. The van der Waals surface area contributed by atoms with Gasteiger partial charge in [0.1, 0.15) is 0 Å². The first-order valence-electron chi connectivity index (χ1n) is 7.73. The molecule has 0 aliphatic heterocycles. The molecule has 0 saturated heterocycles. The summed E-state index contributed by atoms with van der Waals surface area (Å²) in [6.07, 6.45) is 1.59. The Bertz CT molecular complexity index is 876. The Morgan fingerprint density at radius 1 is 1.12 bits per heavy atom. The summed E-state index contributed by atoms with van der Waals surface area (Å²) in [5.74, 6) is 0.244. The molecular weight excluding hydrogens is 346 g/mol. The van der Waals surface area contributed by atoms with E-state index >= 15 is 0 Å². The molecule has 2 aromatic carbocycles. The zero-order valence-corrected chi connectivity index (χ0v) is 14.8. The van der Waals surface area contributed by atoms with E-state index in [0.717, 1.165) is 18.4 Å². The molecule has 0 heterocycles. The van der Waals surface area contributed by atoms with Gasteiger partial charge in [-0.2, -0.15) is 0 Å². The molecule has 1 aliphatic rings. The van der Waals surface area contributed by atoms with Crippen LogP contribution in [0.3, 0.4) is 0 Å². The number of hydrogen-bond acceptors (Lipinski definition) is 3. The summed E-state index contributed by atoms with van der Waals surface area (Å²) in [5, 5.41) is 0.501. The summed E-state index contributed by atoms with van der Waals surface area (Å²) >= 11 is 5.79. The highest BCUT2D eigenvalue weighted by atomic mass is 35.5. The van der Waals surface area contributed by atoms with Crippen LogP contribution in [0.1, 0.15) is 28.4 Å². The van der Waals surface area contributed by atoms with Gasteiger partial charge in [0, 0.05) is 17.1 Å². The maximum atomic E-state index is 12.3. The fraction of sp³-hybridized carbons (Fsp3) is 0.278.